The van der Waals surface area contributed by atoms with Gasteiger partial charge in [0.25, 0.3) is 0 Å². The summed E-state index contributed by atoms with van der Waals surface area (Å²) in [5.41, 5.74) is 22.4. The molecule has 0 aliphatic rings. The van der Waals surface area contributed by atoms with Crippen LogP contribution in [0, 0.1) is 0 Å². The maximum Gasteiger partial charge on any atom is 0.326 e. The number of hydrogen-bond acceptors (Lipinski definition) is 7. The van der Waals surface area contributed by atoms with E-state index >= 15 is 0 Å². The highest BCUT2D eigenvalue weighted by Crippen LogP contribution is 2.04. The van der Waals surface area contributed by atoms with Crippen molar-refractivity contribution in [2.45, 2.75) is 56.8 Å². The summed E-state index contributed by atoms with van der Waals surface area (Å²) in [6.45, 7) is 1.55. The van der Waals surface area contributed by atoms with Gasteiger partial charge in [-0.2, -0.15) is 0 Å². The van der Waals surface area contributed by atoms with Crippen LogP contribution >= 0.6 is 0 Å². The fourth-order valence-electron chi connectivity index (χ4n) is 3.09. The zero-order chi connectivity index (χ0) is 27.3. The summed E-state index contributed by atoms with van der Waals surface area (Å²) < 4.78 is 0. The van der Waals surface area contributed by atoms with Crippen molar-refractivity contribution in [3.8, 4) is 0 Å². The number of nitrogens with two attached hydrogens (primary N) is 4. The van der Waals surface area contributed by atoms with Gasteiger partial charge in [0.05, 0.1) is 12.5 Å². The van der Waals surface area contributed by atoms with Crippen molar-refractivity contribution in [1.82, 2.24) is 16.0 Å². The maximum absolute atomic E-state index is 12.7. The van der Waals surface area contributed by atoms with E-state index in [9.17, 15) is 29.1 Å². The molecule has 12 N–H and O–H groups in total. The van der Waals surface area contributed by atoms with Gasteiger partial charge in [-0.3, -0.25) is 24.2 Å². The fraction of sp³-hybridized carbons (Fsp3) is 0.455. The monoisotopic (exact) mass is 506 g/mol. The minimum atomic E-state index is -1.58. The smallest absolute Gasteiger partial charge is 0.326 e. The highest BCUT2D eigenvalue weighted by Gasteiger charge is 2.29. The van der Waals surface area contributed by atoms with Crippen molar-refractivity contribution >= 4 is 35.6 Å². The topological polar surface area (TPSA) is 258 Å². The number of nitrogens with one attached hydrogen (secondary N) is 3. The molecule has 0 heterocycles. The van der Waals surface area contributed by atoms with Gasteiger partial charge in [0.1, 0.15) is 18.1 Å². The minimum Gasteiger partial charge on any atom is -0.480 e. The van der Waals surface area contributed by atoms with E-state index in [2.05, 4.69) is 20.9 Å². The van der Waals surface area contributed by atoms with Gasteiger partial charge in [-0.25, -0.2) is 4.79 Å². The Labute approximate surface area is 208 Å². The fourth-order valence-corrected chi connectivity index (χ4v) is 3.09. The molecular formula is C22H34N8O6. The van der Waals surface area contributed by atoms with E-state index in [-0.39, 0.29) is 31.8 Å². The van der Waals surface area contributed by atoms with E-state index in [4.69, 9.17) is 22.9 Å². The number of rotatable bonds is 15. The first-order valence-electron chi connectivity index (χ1n) is 11.2. The summed E-state index contributed by atoms with van der Waals surface area (Å²) in [7, 11) is 0. The quantitative estimate of drug-likeness (QED) is 0.0685. The molecule has 0 radical (unpaired) electrons. The molecule has 0 aromatic heterocycles. The van der Waals surface area contributed by atoms with Gasteiger partial charge in [-0.1, -0.05) is 30.3 Å². The molecule has 1 rings (SSSR count). The molecule has 1 aromatic carbocycles. The number of carbonyl (C=O) groups is 5. The predicted molar refractivity (Wildman–Crippen MR) is 131 cm³/mol. The summed E-state index contributed by atoms with van der Waals surface area (Å²) in [5.74, 6) is -4.70. The molecule has 0 bridgehead atoms. The third kappa shape index (κ3) is 11.3. The van der Waals surface area contributed by atoms with E-state index in [0.717, 1.165) is 5.56 Å². The van der Waals surface area contributed by atoms with E-state index in [1.54, 1.807) is 0 Å². The van der Waals surface area contributed by atoms with Gasteiger partial charge in [0.15, 0.2) is 5.96 Å². The predicted octanol–water partition coefficient (Wildman–Crippen LogP) is -2.96. The number of primary amides is 1. The van der Waals surface area contributed by atoms with Crippen molar-refractivity contribution in [2.24, 2.45) is 27.9 Å². The summed E-state index contributed by atoms with van der Waals surface area (Å²) in [6.07, 6.45) is -0.0905. The number of amides is 4. The molecule has 0 spiro atoms. The molecule has 0 saturated heterocycles. The van der Waals surface area contributed by atoms with Crippen molar-refractivity contribution in [3.05, 3.63) is 35.9 Å². The lowest BCUT2D eigenvalue weighted by Crippen LogP contribution is -2.56. The third-order valence-corrected chi connectivity index (χ3v) is 4.99. The minimum absolute atomic E-state index is 0.0332. The first kappa shape index (κ1) is 29.8. The van der Waals surface area contributed by atoms with Gasteiger partial charge in [-0.05, 0) is 31.7 Å². The third-order valence-electron chi connectivity index (χ3n) is 4.99. The average molecular weight is 507 g/mol. The molecule has 1 aromatic rings. The number of benzene rings is 1. The molecule has 0 aliphatic carbocycles. The van der Waals surface area contributed by atoms with Gasteiger partial charge < -0.3 is 44.0 Å². The number of nitrogens with zero attached hydrogens (tertiary/aromatic N) is 1. The van der Waals surface area contributed by atoms with Crippen LogP contribution in [0.1, 0.15) is 31.7 Å². The van der Waals surface area contributed by atoms with Gasteiger partial charge >= 0.3 is 5.97 Å². The number of aliphatic carboxylic acids is 1. The number of carboxylic acids is 1. The van der Waals surface area contributed by atoms with E-state index in [0.29, 0.717) is 0 Å². The summed E-state index contributed by atoms with van der Waals surface area (Å²) in [4.78, 5) is 64.2. The zero-order valence-electron chi connectivity index (χ0n) is 20.0. The lowest BCUT2D eigenvalue weighted by atomic mass is 10.1. The van der Waals surface area contributed by atoms with Crippen LogP contribution in [0.2, 0.25) is 0 Å². The zero-order valence-corrected chi connectivity index (χ0v) is 20.0. The molecule has 14 heteroatoms. The lowest BCUT2D eigenvalue weighted by Gasteiger charge is -2.23. The highest BCUT2D eigenvalue weighted by atomic mass is 16.4. The first-order chi connectivity index (χ1) is 16.9. The molecule has 198 valence electrons. The van der Waals surface area contributed by atoms with E-state index in [1.807, 2.05) is 30.3 Å². The van der Waals surface area contributed by atoms with Crippen molar-refractivity contribution in [1.29, 1.82) is 0 Å². The lowest BCUT2D eigenvalue weighted by molar-refractivity contribution is -0.143. The number of hydrogen-bond donors (Lipinski definition) is 8. The Bertz CT molecular complexity index is 951. The number of carbonyl (C=O) groups excluding carboxylic acids is 4. The van der Waals surface area contributed by atoms with Gasteiger partial charge in [-0.15, -0.1) is 0 Å². The van der Waals surface area contributed by atoms with Crippen LogP contribution in [0.4, 0.5) is 0 Å². The van der Waals surface area contributed by atoms with Crippen LogP contribution in [-0.4, -0.2) is 71.4 Å². The highest BCUT2D eigenvalue weighted by molar-refractivity contribution is 5.94. The summed E-state index contributed by atoms with van der Waals surface area (Å²) in [5, 5.41) is 16.4. The Morgan fingerprint density at radius 1 is 0.917 bits per heavy atom. The molecule has 0 aliphatic heterocycles. The second kappa shape index (κ2) is 14.9. The Balaban J connectivity index is 2.82. The SMILES string of the molecule is CC(NC(=O)C(N)Cc1ccccc1)C(=O)NC(CCCN=C(N)N)C(=O)NC(CC(N)=O)C(=O)O. The van der Waals surface area contributed by atoms with Crippen molar-refractivity contribution in [3.63, 3.8) is 0 Å². The van der Waals surface area contributed by atoms with Gasteiger partial charge in [0, 0.05) is 6.54 Å². The molecule has 4 amide bonds. The average Bonchev–Trinajstić information content (AvgIpc) is 2.80. The Kier molecular flexibility index (Phi) is 12.4. The Morgan fingerprint density at radius 2 is 1.53 bits per heavy atom. The molecule has 4 atom stereocenters. The molecule has 0 fully saturated rings. The van der Waals surface area contributed by atoms with Crippen LogP contribution in [0.5, 0.6) is 0 Å². The van der Waals surface area contributed by atoms with Crippen LogP contribution in [0.25, 0.3) is 0 Å². The molecular weight excluding hydrogens is 472 g/mol. The van der Waals surface area contributed by atoms with Gasteiger partial charge in [0.2, 0.25) is 23.6 Å². The van der Waals surface area contributed by atoms with E-state index in [1.165, 1.54) is 6.92 Å². The van der Waals surface area contributed by atoms with Crippen LogP contribution in [-0.2, 0) is 30.4 Å². The molecule has 4 unspecified atom stereocenters. The molecule has 0 saturated carbocycles. The Morgan fingerprint density at radius 3 is 2.08 bits per heavy atom. The van der Waals surface area contributed by atoms with Crippen LogP contribution in [0.3, 0.4) is 0 Å². The number of guanidine groups is 1. The van der Waals surface area contributed by atoms with Crippen LogP contribution in [0.15, 0.2) is 35.3 Å². The number of aliphatic imine (C=N–C) groups is 1. The first-order valence-corrected chi connectivity index (χ1v) is 11.2. The van der Waals surface area contributed by atoms with Crippen molar-refractivity contribution < 1.29 is 29.1 Å². The van der Waals surface area contributed by atoms with E-state index < -0.39 is 60.2 Å². The normalized spacial score (nSPS) is 13.8. The van der Waals surface area contributed by atoms with Crippen molar-refractivity contribution in [2.75, 3.05) is 6.54 Å². The van der Waals surface area contributed by atoms with Crippen LogP contribution < -0.4 is 38.9 Å². The molecule has 36 heavy (non-hydrogen) atoms. The summed E-state index contributed by atoms with van der Waals surface area (Å²) in [6, 6.07) is 4.32. The summed E-state index contributed by atoms with van der Waals surface area (Å²) >= 11 is 0. The Hall–Kier alpha value is -4.20. The second-order valence-electron chi connectivity index (χ2n) is 8.11. The molecule has 14 nitrogen and oxygen atoms in total. The largest absolute Gasteiger partial charge is 0.480 e. The standard InChI is InChI=1S/C22H34N8O6/c1-12(28-19(33)14(23)10-13-6-3-2-4-7-13)18(32)29-15(8-5-9-27-22(25)26)20(34)30-16(21(35)36)11-17(24)31/h2-4,6-7,12,14-16H,5,8-11,23H2,1H3,(H2,24,31)(H,28,33)(H,29,32)(H,30,34)(H,35,36)(H4,25,26,27). The second-order valence-corrected chi connectivity index (χ2v) is 8.11. The maximum atomic E-state index is 12.7. The number of carboxylic acid groups (broad SMARTS) is 1.